The summed E-state index contributed by atoms with van der Waals surface area (Å²) in [6.45, 7) is 3.58. The Bertz CT molecular complexity index is 490. The van der Waals surface area contributed by atoms with Crippen molar-refractivity contribution in [2.24, 2.45) is 7.05 Å². The van der Waals surface area contributed by atoms with Crippen molar-refractivity contribution in [2.45, 2.75) is 32.9 Å². The molecule has 98 valence electrons. The molecule has 18 heavy (non-hydrogen) atoms. The molecule has 2 aromatic heterocycles. The Hall–Kier alpha value is -1.69. The molecule has 0 amide bonds. The highest BCUT2D eigenvalue weighted by Gasteiger charge is 2.09. The molecule has 0 saturated carbocycles. The van der Waals surface area contributed by atoms with E-state index in [2.05, 4.69) is 27.1 Å². The SMILES string of the molecule is CCCc1noc(CN(C)Cc2cnn(C)c2)n1. The van der Waals surface area contributed by atoms with Crippen molar-refractivity contribution < 1.29 is 4.52 Å². The van der Waals surface area contributed by atoms with Crippen molar-refractivity contribution in [1.29, 1.82) is 0 Å². The first-order valence-corrected chi connectivity index (χ1v) is 6.15. The van der Waals surface area contributed by atoms with Crippen molar-refractivity contribution in [3.63, 3.8) is 0 Å². The molecule has 2 aromatic rings. The summed E-state index contributed by atoms with van der Waals surface area (Å²) in [5.74, 6) is 1.46. The lowest BCUT2D eigenvalue weighted by molar-refractivity contribution is 0.260. The summed E-state index contributed by atoms with van der Waals surface area (Å²) < 4.78 is 7.01. The van der Waals surface area contributed by atoms with Crippen LogP contribution in [0, 0.1) is 0 Å². The van der Waals surface area contributed by atoms with Crippen LogP contribution in [0.2, 0.25) is 0 Å². The van der Waals surface area contributed by atoms with Crippen molar-refractivity contribution >= 4 is 0 Å². The number of rotatable bonds is 6. The average Bonchev–Trinajstić information content (AvgIpc) is 2.89. The van der Waals surface area contributed by atoms with E-state index in [0.717, 1.165) is 25.2 Å². The molecule has 2 rings (SSSR count). The highest BCUT2D eigenvalue weighted by Crippen LogP contribution is 2.06. The van der Waals surface area contributed by atoms with Gasteiger partial charge in [0.05, 0.1) is 12.7 Å². The van der Waals surface area contributed by atoms with Gasteiger partial charge in [-0.15, -0.1) is 0 Å². The zero-order valence-corrected chi connectivity index (χ0v) is 11.1. The van der Waals surface area contributed by atoms with Gasteiger partial charge in [-0.2, -0.15) is 10.1 Å². The third-order valence-corrected chi connectivity index (χ3v) is 2.60. The molecular weight excluding hydrogens is 230 g/mol. The van der Waals surface area contributed by atoms with Gasteiger partial charge in [0.2, 0.25) is 5.89 Å². The standard InChI is InChI=1S/C12H19N5O/c1-4-5-11-14-12(18-15-11)9-16(2)7-10-6-13-17(3)8-10/h6,8H,4-5,7,9H2,1-3H3. The molecule has 0 atom stereocenters. The van der Waals surface area contributed by atoms with Gasteiger partial charge in [-0.3, -0.25) is 9.58 Å². The normalized spacial score (nSPS) is 11.3. The zero-order valence-electron chi connectivity index (χ0n) is 11.1. The van der Waals surface area contributed by atoms with Crippen molar-refractivity contribution in [1.82, 2.24) is 24.8 Å². The Balaban J connectivity index is 1.88. The molecular formula is C12H19N5O. The summed E-state index contributed by atoms with van der Waals surface area (Å²) in [6, 6.07) is 0. The van der Waals surface area contributed by atoms with Crippen LogP contribution in [-0.2, 0) is 26.6 Å². The van der Waals surface area contributed by atoms with E-state index in [0.29, 0.717) is 12.4 Å². The molecule has 6 nitrogen and oxygen atoms in total. The van der Waals surface area contributed by atoms with E-state index in [1.807, 2.05) is 26.5 Å². The molecule has 0 spiro atoms. The maximum atomic E-state index is 5.21. The molecule has 2 heterocycles. The first-order chi connectivity index (χ1) is 8.67. The lowest BCUT2D eigenvalue weighted by Gasteiger charge is -2.12. The number of aromatic nitrogens is 4. The fraction of sp³-hybridized carbons (Fsp3) is 0.583. The van der Waals surface area contributed by atoms with Crippen LogP contribution in [0.25, 0.3) is 0 Å². The Labute approximate surface area is 107 Å². The highest BCUT2D eigenvalue weighted by molar-refractivity contribution is 5.03. The molecule has 0 aliphatic heterocycles. The summed E-state index contributed by atoms with van der Waals surface area (Å²) in [6.07, 6.45) is 5.78. The molecule has 0 aliphatic rings. The summed E-state index contributed by atoms with van der Waals surface area (Å²) in [4.78, 5) is 6.47. The zero-order chi connectivity index (χ0) is 13.0. The summed E-state index contributed by atoms with van der Waals surface area (Å²) in [5.41, 5.74) is 1.17. The van der Waals surface area contributed by atoms with Gasteiger partial charge in [0.15, 0.2) is 5.82 Å². The van der Waals surface area contributed by atoms with E-state index in [9.17, 15) is 0 Å². The Kier molecular flexibility index (Phi) is 4.09. The molecule has 0 unspecified atom stereocenters. The molecule has 0 aromatic carbocycles. The lowest BCUT2D eigenvalue weighted by Crippen LogP contribution is -2.17. The van der Waals surface area contributed by atoms with E-state index in [4.69, 9.17) is 4.52 Å². The van der Waals surface area contributed by atoms with Gasteiger partial charge < -0.3 is 4.52 Å². The minimum absolute atomic E-state index is 0.658. The largest absolute Gasteiger partial charge is 0.338 e. The van der Waals surface area contributed by atoms with Crippen LogP contribution in [0.3, 0.4) is 0 Å². The fourth-order valence-corrected chi connectivity index (χ4v) is 1.83. The van der Waals surface area contributed by atoms with Gasteiger partial charge >= 0.3 is 0 Å². The maximum absolute atomic E-state index is 5.21. The fourth-order valence-electron chi connectivity index (χ4n) is 1.83. The molecule has 0 radical (unpaired) electrons. The highest BCUT2D eigenvalue weighted by atomic mass is 16.5. The second-order valence-corrected chi connectivity index (χ2v) is 4.55. The van der Waals surface area contributed by atoms with Crippen molar-refractivity contribution in [2.75, 3.05) is 7.05 Å². The molecule has 0 aliphatic carbocycles. The van der Waals surface area contributed by atoms with Crippen LogP contribution in [0.4, 0.5) is 0 Å². The third kappa shape index (κ3) is 3.40. The minimum atomic E-state index is 0.658. The van der Waals surface area contributed by atoms with E-state index in [1.54, 1.807) is 4.68 Å². The molecule has 6 heteroatoms. The quantitative estimate of drug-likeness (QED) is 0.774. The first-order valence-electron chi connectivity index (χ1n) is 6.15. The number of hydrogen-bond donors (Lipinski definition) is 0. The van der Waals surface area contributed by atoms with E-state index in [1.165, 1.54) is 5.56 Å². The molecule has 0 bridgehead atoms. The predicted octanol–water partition coefficient (Wildman–Crippen LogP) is 1.39. The number of nitrogens with zero attached hydrogens (tertiary/aromatic N) is 5. The van der Waals surface area contributed by atoms with Crippen molar-refractivity contribution in [3.8, 4) is 0 Å². The third-order valence-electron chi connectivity index (χ3n) is 2.60. The van der Waals surface area contributed by atoms with Gasteiger partial charge in [0.25, 0.3) is 0 Å². The summed E-state index contributed by atoms with van der Waals surface area (Å²) in [5, 5.41) is 8.08. The van der Waals surface area contributed by atoms with Crippen LogP contribution >= 0.6 is 0 Å². The second kappa shape index (κ2) is 5.77. The average molecular weight is 249 g/mol. The van der Waals surface area contributed by atoms with Crippen LogP contribution in [-0.4, -0.2) is 31.9 Å². The maximum Gasteiger partial charge on any atom is 0.240 e. The Morgan fingerprint density at radius 1 is 1.39 bits per heavy atom. The van der Waals surface area contributed by atoms with Crippen molar-refractivity contribution in [3.05, 3.63) is 29.7 Å². The van der Waals surface area contributed by atoms with Gasteiger partial charge in [-0.1, -0.05) is 12.1 Å². The summed E-state index contributed by atoms with van der Waals surface area (Å²) in [7, 11) is 3.94. The van der Waals surface area contributed by atoms with Gasteiger partial charge in [0, 0.05) is 31.8 Å². The van der Waals surface area contributed by atoms with Crippen LogP contribution in [0.5, 0.6) is 0 Å². The Morgan fingerprint density at radius 2 is 2.22 bits per heavy atom. The molecule has 0 fully saturated rings. The number of hydrogen-bond acceptors (Lipinski definition) is 5. The van der Waals surface area contributed by atoms with Crippen LogP contribution in [0.15, 0.2) is 16.9 Å². The monoisotopic (exact) mass is 249 g/mol. The van der Waals surface area contributed by atoms with Crippen LogP contribution in [0.1, 0.15) is 30.6 Å². The smallest absolute Gasteiger partial charge is 0.240 e. The minimum Gasteiger partial charge on any atom is -0.338 e. The van der Waals surface area contributed by atoms with Gasteiger partial charge in [-0.25, -0.2) is 0 Å². The summed E-state index contributed by atoms with van der Waals surface area (Å²) >= 11 is 0. The van der Waals surface area contributed by atoms with E-state index in [-0.39, 0.29) is 0 Å². The van der Waals surface area contributed by atoms with Crippen LogP contribution < -0.4 is 0 Å². The van der Waals surface area contributed by atoms with Gasteiger partial charge in [-0.05, 0) is 13.5 Å². The van der Waals surface area contributed by atoms with Gasteiger partial charge in [0.1, 0.15) is 0 Å². The van der Waals surface area contributed by atoms with E-state index < -0.39 is 0 Å². The lowest BCUT2D eigenvalue weighted by atomic mass is 10.3. The molecule has 0 N–H and O–H groups in total. The second-order valence-electron chi connectivity index (χ2n) is 4.55. The number of aryl methyl sites for hydroxylation is 2. The molecule has 0 saturated heterocycles. The first kappa shape index (κ1) is 12.8. The topological polar surface area (TPSA) is 60.0 Å². The van der Waals surface area contributed by atoms with E-state index >= 15 is 0 Å². The predicted molar refractivity (Wildman–Crippen MR) is 66.7 cm³/mol. The Morgan fingerprint density at radius 3 is 2.89 bits per heavy atom.